The molecule has 1 N–H and O–H groups in total. The van der Waals surface area contributed by atoms with Crippen molar-refractivity contribution in [2.24, 2.45) is 0 Å². The predicted octanol–water partition coefficient (Wildman–Crippen LogP) is 3.78. The van der Waals surface area contributed by atoms with Gasteiger partial charge in [-0.25, -0.2) is 0 Å². The number of hydrogen-bond donors (Lipinski definition) is 1. The minimum atomic E-state index is -0.0218. The van der Waals surface area contributed by atoms with Crippen molar-refractivity contribution < 1.29 is 4.52 Å². The van der Waals surface area contributed by atoms with Gasteiger partial charge in [-0.2, -0.15) is 5.26 Å². The second kappa shape index (κ2) is 4.86. The van der Waals surface area contributed by atoms with Crippen LogP contribution in [0, 0.1) is 29.9 Å². The van der Waals surface area contributed by atoms with Crippen LogP contribution in [0.5, 0.6) is 0 Å². The third kappa shape index (κ3) is 2.06. The van der Waals surface area contributed by atoms with Crippen molar-refractivity contribution in [2.45, 2.75) is 26.8 Å². The molecule has 6 heteroatoms. The summed E-state index contributed by atoms with van der Waals surface area (Å²) < 4.78 is 7.87. The van der Waals surface area contributed by atoms with E-state index < -0.39 is 0 Å². The Morgan fingerprint density at radius 1 is 1.43 bits per heavy atom. The maximum absolute atomic E-state index is 9.09. The second-order valence-electron chi connectivity index (χ2n) is 5.06. The van der Waals surface area contributed by atoms with Crippen LogP contribution < -0.4 is 0 Å². The molecule has 5 nitrogen and oxygen atoms in total. The molecule has 106 valence electrons. The third-order valence-corrected chi connectivity index (χ3v) is 4.04. The van der Waals surface area contributed by atoms with Crippen molar-refractivity contribution in [1.82, 2.24) is 14.7 Å². The van der Waals surface area contributed by atoms with Gasteiger partial charge in [0.2, 0.25) is 0 Å². The molecule has 21 heavy (non-hydrogen) atoms. The number of fused-ring (bicyclic) bond motifs is 1. The van der Waals surface area contributed by atoms with E-state index in [9.17, 15) is 0 Å². The fraction of sp³-hybridized carbons (Fsp3) is 0.267. The lowest BCUT2D eigenvalue weighted by Gasteiger charge is -2.14. The highest BCUT2D eigenvalue weighted by atomic mass is 32.1. The topological polar surface area (TPSA) is 70.5 Å². The quantitative estimate of drug-likeness (QED) is 0.731. The van der Waals surface area contributed by atoms with Crippen LogP contribution in [-0.2, 0) is 0 Å². The summed E-state index contributed by atoms with van der Waals surface area (Å²) >= 11 is 5.44. The molecule has 0 saturated heterocycles. The van der Waals surface area contributed by atoms with Gasteiger partial charge in [-0.3, -0.25) is 0 Å². The number of aryl methyl sites for hydroxylation is 2. The molecular weight excluding hydrogens is 284 g/mol. The largest absolute Gasteiger partial charge is 0.361 e. The van der Waals surface area contributed by atoms with Crippen molar-refractivity contribution in [1.29, 1.82) is 5.26 Å². The molecule has 0 aliphatic rings. The van der Waals surface area contributed by atoms with Crippen molar-refractivity contribution in [2.75, 3.05) is 0 Å². The van der Waals surface area contributed by atoms with Gasteiger partial charge in [-0.15, -0.1) is 0 Å². The van der Waals surface area contributed by atoms with E-state index in [1.165, 1.54) is 0 Å². The van der Waals surface area contributed by atoms with Gasteiger partial charge in [-0.05, 0) is 51.2 Å². The number of imidazole rings is 1. The highest BCUT2D eigenvalue weighted by Crippen LogP contribution is 2.29. The number of H-pyrrole nitrogens is 1. The number of nitrogens with one attached hydrogen (secondary N) is 1. The fourth-order valence-electron chi connectivity index (χ4n) is 2.79. The Morgan fingerprint density at radius 3 is 2.81 bits per heavy atom. The highest BCUT2D eigenvalue weighted by Gasteiger charge is 2.20. The first-order chi connectivity index (χ1) is 10.0. The summed E-state index contributed by atoms with van der Waals surface area (Å²) in [7, 11) is 0. The van der Waals surface area contributed by atoms with E-state index in [0.717, 1.165) is 28.1 Å². The van der Waals surface area contributed by atoms with Crippen molar-refractivity contribution in [3.63, 3.8) is 0 Å². The molecule has 1 atom stereocenters. The lowest BCUT2D eigenvalue weighted by molar-refractivity contribution is 0.391. The maximum Gasteiger partial charge on any atom is 0.178 e. The maximum atomic E-state index is 9.09. The summed E-state index contributed by atoms with van der Waals surface area (Å²) in [5.41, 5.74) is 4.31. The number of benzene rings is 1. The third-order valence-electron chi connectivity index (χ3n) is 3.74. The van der Waals surface area contributed by atoms with E-state index in [4.69, 9.17) is 22.0 Å². The van der Waals surface area contributed by atoms with Crippen molar-refractivity contribution in [3.8, 4) is 6.07 Å². The molecule has 0 saturated carbocycles. The summed E-state index contributed by atoms with van der Waals surface area (Å²) in [4.78, 5) is 3.18. The van der Waals surface area contributed by atoms with Crippen LogP contribution >= 0.6 is 12.2 Å². The zero-order valence-electron chi connectivity index (χ0n) is 12.0. The van der Waals surface area contributed by atoms with Gasteiger partial charge in [0.05, 0.1) is 34.4 Å². The molecule has 2 aromatic heterocycles. The minimum absolute atomic E-state index is 0.0218. The Balaban J connectivity index is 2.27. The molecule has 0 spiro atoms. The Labute approximate surface area is 126 Å². The molecular formula is C15H14N4OS. The molecule has 0 aliphatic heterocycles. The zero-order valence-corrected chi connectivity index (χ0v) is 12.8. The monoisotopic (exact) mass is 298 g/mol. The fourth-order valence-corrected chi connectivity index (χ4v) is 3.16. The number of aromatic nitrogens is 3. The number of nitrogens with zero attached hydrogens (tertiary/aromatic N) is 3. The molecule has 3 rings (SSSR count). The molecule has 1 aromatic carbocycles. The molecule has 0 radical (unpaired) electrons. The first-order valence-electron chi connectivity index (χ1n) is 6.60. The predicted molar refractivity (Wildman–Crippen MR) is 81.6 cm³/mol. The molecule has 2 heterocycles. The molecule has 3 aromatic rings. The summed E-state index contributed by atoms with van der Waals surface area (Å²) in [5, 5.41) is 13.1. The van der Waals surface area contributed by atoms with Crippen LogP contribution in [0.2, 0.25) is 0 Å². The second-order valence-corrected chi connectivity index (χ2v) is 5.44. The Morgan fingerprint density at radius 2 is 2.19 bits per heavy atom. The van der Waals surface area contributed by atoms with E-state index in [2.05, 4.69) is 23.1 Å². The summed E-state index contributed by atoms with van der Waals surface area (Å²) in [6, 6.07) is 7.63. The normalized spacial score (nSPS) is 12.5. The van der Waals surface area contributed by atoms with Gasteiger partial charge in [0.1, 0.15) is 5.76 Å². The Kier molecular flexibility index (Phi) is 3.15. The Bertz CT molecular complexity index is 906. The number of nitriles is 1. The molecule has 0 fully saturated rings. The van der Waals surface area contributed by atoms with Crippen LogP contribution in [0.3, 0.4) is 0 Å². The standard InChI is InChI=1S/C15H14N4OS/c1-8-14(10(3)20-18-8)9(2)19-13-6-11(7-16)4-5-12(13)17-15(19)21/h4-6,9H,1-3H3,(H,17,21). The number of rotatable bonds is 2. The molecule has 0 bridgehead atoms. The Hall–Kier alpha value is -2.39. The number of hydrogen-bond acceptors (Lipinski definition) is 4. The molecule has 0 aliphatic carbocycles. The lowest BCUT2D eigenvalue weighted by Crippen LogP contribution is -2.08. The van der Waals surface area contributed by atoms with Gasteiger partial charge >= 0.3 is 0 Å². The summed E-state index contributed by atoms with van der Waals surface area (Å²) in [6.07, 6.45) is 0. The first-order valence-corrected chi connectivity index (χ1v) is 7.01. The highest BCUT2D eigenvalue weighted by molar-refractivity contribution is 7.71. The lowest BCUT2D eigenvalue weighted by atomic mass is 10.1. The minimum Gasteiger partial charge on any atom is -0.361 e. The zero-order chi connectivity index (χ0) is 15.1. The molecule has 1 unspecified atom stereocenters. The van der Waals surface area contributed by atoms with E-state index in [1.54, 1.807) is 6.07 Å². The number of aromatic amines is 1. The van der Waals surface area contributed by atoms with E-state index in [-0.39, 0.29) is 6.04 Å². The van der Waals surface area contributed by atoms with Gasteiger partial charge in [0, 0.05) is 5.56 Å². The average Bonchev–Trinajstić information content (AvgIpc) is 2.96. The smallest absolute Gasteiger partial charge is 0.178 e. The van der Waals surface area contributed by atoms with Crippen LogP contribution in [-0.4, -0.2) is 14.7 Å². The van der Waals surface area contributed by atoms with Gasteiger partial charge in [-0.1, -0.05) is 5.16 Å². The van der Waals surface area contributed by atoms with Crippen LogP contribution in [0.25, 0.3) is 11.0 Å². The van der Waals surface area contributed by atoms with Crippen molar-refractivity contribution in [3.05, 3.63) is 45.6 Å². The summed E-state index contributed by atoms with van der Waals surface area (Å²) in [6.45, 7) is 5.86. The summed E-state index contributed by atoms with van der Waals surface area (Å²) in [5.74, 6) is 0.785. The van der Waals surface area contributed by atoms with Gasteiger partial charge in [0.25, 0.3) is 0 Å². The first kappa shape index (κ1) is 13.6. The van der Waals surface area contributed by atoms with E-state index >= 15 is 0 Å². The molecule has 0 amide bonds. The average molecular weight is 298 g/mol. The van der Waals surface area contributed by atoms with E-state index in [0.29, 0.717) is 10.3 Å². The SMILES string of the molecule is Cc1noc(C)c1C(C)n1c(=S)[nH]c2ccc(C#N)cc21. The van der Waals surface area contributed by atoms with Gasteiger partial charge < -0.3 is 14.1 Å². The van der Waals surface area contributed by atoms with E-state index in [1.807, 2.05) is 30.5 Å². The van der Waals surface area contributed by atoms with Gasteiger partial charge in [0.15, 0.2) is 4.77 Å². The van der Waals surface area contributed by atoms with Crippen LogP contribution in [0.4, 0.5) is 0 Å². The van der Waals surface area contributed by atoms with Crippen molar-refractivity contribution >= 4 is 23.3 Å². The van der Waals surface area contributed by atoms with Crippen LogP contribution in [0.15, 0.2) is 22.7 Å². The van der Waals surface area contributed by atoms with Crippen LogP contribution in [0.1, 0.15) is 35.5 Å².